The molecule has 20 heavy (non-hydrogen) atoms. The first-order chi connectivity index (χ1) is 9.42. The zero-order valence-electron chi connectivity index (χ0n) is 13.8. The normalized spacial score (nSPS) is 20.5. The monoisotopic (exact) mass is 274 g/mol. The molecular formula is C18H30N2. The molecule has 0 bridgehead atoms. The second kappa shape index (κ2) is 6.28. The van der Waals surface area contributed by atoms with E-state index in [1.807, 2.05) is 0 Å². The van der Waals surface area contributed by atoms with E-state index < -0.39 is 0 Å². The first kappa shape index (κ1) is 15.5. The first-order valence-corrected chi connectivity index (χ1v) is 7.98. The van der Waals surface area contributed by atoms with Crippen molar-refractivity contribution in [3.63, 3.8) is 0 Å². The van der Waals surface area contributed by atoms with Crippen molar-refractivity contribution in [2.24, 2.45) is 0 Å². The number of piperazine rings is 1. The van der Waals surface area contributed by atoms with Gasteiger partial charge in [-0.15, -0.1) is 0 Å². The Labute approximate surface area is 124 Å². The van der Waals surface area contributed by atoms with Crippen LogP contribution in [0.4, 0.5) is 0 Å². The van der Waals surface area contributed by atoms with E-state index in [0.29, 0.717) is 5.92 Å². The topological polar surface area (TPSA) is 6.48 Å². The molecule has 0 radical (unpaired) electrons. The summed E-state index contributed by atoms with van der Waals surface area (Å²) in [6, 6.07) is 9.11. The molecule has 0 aliphatic carbocycles. The van der Waals surface area contributed by atoms with E-state index in [-0.39, 0.29) is 5.54 Å². The predicted molar refractivity (Wildman–Crippen MR) is 87.1 cm³/mol. The molecule has 0 amide bonds. The van der Waals surface area contributed by atoms with E-state index in [1.165, 1.54) is 37.3 Å². The summed E-state index contributed by atoms with van der Waals surface area (Å²) < 4.78 is 0. The maximum absolute atomic E-state index is 2.64. The zero-order chi connectivity index (χ0) is 14.8. The summed E-state index contributed by atoms with van der Waals surface area (Å²) in [6.07, 6.45) is 0. The molecule has 1 aromatic rings. The summed E-state index contributed by atoms with van der Waals surface area (Å²) in [7, 11) is 0. The second-order valence-electron chi connectivity index (χ2n) is 7.00. The number of hydrogen-bond donors (Lipinski definition) is 0. The van der Waals surface area contributed by atoms with Crippen LogP contribution in [0.15, 0.2) is 24.3 Å². The molecule has 2 nitrogen and oxygen atoms in total. The fraction of sp³-hybridized carbons (Fsp3) is 0.667. The Morgan fingerprint density at radius 2 is 1.95 bits per heavy atom. The molecule has 1 aromatic carbocycles. The molecule has 0 unspecified atom stereocenters. The number of nitrogens with zero attached hydrogens (tertiary/aromatic N) is 2. The summed E-state index contributed by atoms with van der Waals surface area (Å²) in [4.78, 5) is 5.19. The van der Waals surface area contributed by atoms with Crippen LogP contribution in [0.5, 0.6) is 0 Å². The van der Waals surface area contributed by atoms with Gasteiger partial charge >= 0.3 is 0 Å². The summed E-state index contributed by atoms with van der Waals surface area (Å²) in [5.41, 5.74) is 3.17. The highest BCUT2D eigenvalue weighted by Gasteiger charge is 2.32. The van der Waals surface area contributed by atoms with Crippen LogP contribution in [0.1, 0.15) is 51.7 Å². The Hall–Kier alpha value is -0.860. The van der Waals surface area contributed by atoms with Crippen LogP contribution in [0, 0.1) is 0 Å². The third-order valence-electron chi connectivity index (χ3n) is 4.59. The van der Waals surface area contributed by atoms with Crippen LogP contribution in [0.2, 0.25) is 0 Å². The van der Waals surface area contributed by atoms with Crippen molar-refractivity contribution in [3.8, 4) is 0 Å². The third-order valence-corrected chi connectivity index (χ3v) is 4.59. The van der Waals surface area contributed by atoms with Gasteiger partial charge in [0, 0.05) is 31.7 Å². The van der Waals surface area contributed by atoms with Crippen LogP contribution in [0.25, 0.3) is 0 Å². The average Bonchev–Trinajstić information content (AvgIpc) is 2.41. The Bertz CT molecular complexity index is 437. The standard InChI is InChI=1S/C18H30N2/c1-6-19-10-11-20(18(4,5)14-19)13-16-8-7-9-17(12-16)15(2)3/h7-9,12,15H,6,10-11,13-14H2,1-5H3. The van der Waals surface area contributed by atoms with Crippen molar-refractivity contribution < 1.29 is 0 Å². The lowest BCUT2D eigenvalue weighted by atomic mass is 9.96. The van der Waals surface area contributed by atoms with Crippen molar-refractivity contribution in [2.45, 2.75) is 52.6 Å². The van der Waals surface area contributed by atoms with Gasteiger partial charge in [0.15, 0.2) is 0 Å². The quantitative estimate of drug-likeness (QED) is 0.825. The number of benzene rings is 1. The van der Waals surface area contributed by atoms with Gasteiger partial charge in [0.1, 0.15) is 0 Å². The van der Waals surface area contributed by atoms with Crippen molar-refractivity contribution in [1.29, 1.82) is 0 Å². The highest BCUT2D eigenvalue weighted by atomic mass is 15.3. The fourth-order valence-electron chi connectivity index (χ4n) is 3.13. The second-order valence-corrected chi connectivity index (χ2v) is 7.00. The lowest BCUT2D eigenvalue weighted by molar-refractivity contribution is 0.0162. The van der Waals surface area contributed by atoms with E-state index >= 15 is 0 Å². The zero-order valence-corrected chi connectivity index (χ0v) is 13.8. The van der Waals surface area contributed by atoms with Gasteiger partial charge in [-0.25, -0.2) is 0 Å². The molecule has 0 saturated carbocycles. The average molecular weight is 274 g/mol. The summed E-state index contributed by atoms with van der Waals surface area (Å²) >= 11 is 0. The maximum Gasteiger partial charge on any atom is 0.0284 e. The molecular weight excluding hydrogens is 244 g/mol. The largest absolute Gasteiger partial charge is 0.301 e. The molecule has 1 saturated heterocycles. The summed E-state index contributed by atoms with van der Waals surface area (Å²) in [6.45, 7) is 17.3. The van der Waals surface area contributed by atoms with Gasteiger partial charge in [0.2, 0.25) is 0 Å². The number of rotatable bonds is 4. The van der Waals surface area contributed by atoms with Gasteiger partial charge in [0.05, 0.1) is 0 Å². The Kier molecular flexibility index (Phi) is 4.87. The van der Waals surface area contributed by atoms with Crippen LogP contribution >= 0.6 is 0 Å². The number of hydrogen-bond acceptors (Lipinski definition) is 2. The Morgan fingerprint density at radius 3 is 2.55 bits per heavy atom. The fourth-order valence-corrected chi connectivity index (χ4v) is 3.13. The summed E-state index contributed by atoms with van der Waals surface area (Å²) in [5.74, 6) is 0.611. The van der Waals surface area contributed by atoms with Gasteiger partial charge in [-0.3, -0.25) is 4.90 Å². The minimum absolute atomic E-state index is 0.266. The SMILES string of the molecule is CCN1CCN(Cc2cccc(C(C)C)c2)C(C)(C)C1. The lowest BCUT2D eigenvalue weighted by Gasteiger charge is -2.47. The predicted octanol–water partition coefficient (Wildman–Crippen LogP) is 3.73. The van der Waals surface area contributed by atoms with Crippen LogP contribution in [-0.4, -0.2) is 41.5 Å². The molecule has 0 N–H and O–H groups in total. The van der Waals surface area contributed by atoms with Gasteiger partial charge in [-0.1, -0.05) is 45.0 Å². The van der Waals surface area contributed by atoms with Gasteiger partial charge < -0.3 is 4.90 Å². The molecule has 0 spiro atoms. The molecule has 1 fully saturated rings. The highest BCUT2D eigenvalue weighted by molar-refractivity contribution is 5.26. The molecule has 2 rings (SSSR count). The molecule has 112 valence electrons. The van der Waals surface area contributed by atoms with E-state index in [1.54, 1.807) is 0 Å². The minimum atomic E-state index is 0.266. The van der Waals surface area contributed by atoms with Crippen molar-refractivity contribution in [1.82, 2.24) is 9.80 Å². The van der Waals surface area contributed by atoms with E-state index in [2.05, 4.69) is 68.7 Å². The highest BCUT2D eigenvalue weighted by Crippen LogP contribution is 2.24. The van der Waals surface area contributed by atoms with Crippen LogP contribution in [0.3, 0.4) is 0 Å². The number of likely N-dealkylation sites (N-methyl/N-ethyl adjacent to an activating group) is 1. The van der Waals surface area contributed by atoms with E-state index in [4.69, 9.17) is 0 Å². The van der Waals surface area contributed by atoms with Gasteiger partial charge in [-0.05, 0) is 37.4 Å². The molecule has 1 aliphatic rings. The maximum atomic E-state index is 2.64. The molecule has 0 aromatic heterocycles. The molecule has 2 heteroatoms. The van der Waals surface area contributed by atoms with Crippen molar-refractivity contribution in [3.05, 3.63) is 35.4 Å². The smallest absolute Gasteiger partial charge is 0.0284 e. The Morgan fingerprint density at radius 1 is 1.20 bits per heavy atom. The van der Waals surface area contributed by atoms with Crippen molar-refractivity contribution >= 4 is 0 Å². The first-order valence-electron chi connectivity index (χ1n) is 7.98. The van der Waals surface area contributed by atoms with Gasteiger partial charge in [0.25, 0.3) is 0 Å². The Balaban J connectivity index is 2.08. The molecule has 0 atom stereocenters. The third kappa shape index (κ3) is 3.62. The van der Waals surface area contributed by atoms with Crippen LogP contribution < -0.4 is 0 Å². The van der Waals surface area contributed by atoms with Crippen molar-refractivity contribution in [2.75, 3.05) is 26.2 Å². The van der Waals surface area contributed by atoms with Gasteiger partial charge in [-0.2, -0.15) is 0 Å². The summed E-state index contributed by atoms with van der Waals surface area (Å²) in [5, 5.41) is 0. The lowest BCUT2D eigenvalue weighted by Crippen LogP contribution is -2.58. The minimum Gasteiger partial charge on any atom is -0.301 e. The molecule has 1 heterocycles. The van der Waals surface area contributed by atoms with Crippen LogP contribution in [-0.2, 0) is 6.54 Å². The van der Waals surface area contributed by atoms with E-state index in [9.17, 15) is 0 Å². The molecule has 1 aliphatic heterocycles. The van der Waals surface area contributed by atoms with E-state index in [0.717, 1.165) is 6.54 Å².